The van der Waals surface area contributed by atoms with Crippen LogP contribution in [-0.4, -0.2) is 39.5 Å². The molecule has 2 aromatic heterocycles. The number of hydrogen-bond acceptors (Lipinski definition) is 8. The minimum absolute atomic E-state index is 0. The first-order valence-electron chi connectivity index (χ1n) is 11.2. The number of nitro benzene ring substituents is 1. The van der Waals surface area contributed by atoms with Crippen molar-refractivity contribution >= 4 is 39.9 Å². The van der Waals surface area contributed by atoms with E-state index in [-0.39, 0.29) is 52.8 Å². The Morgan fingerprint density at radius 2 is 1.87 bits per heavy atom. The van der Waals surface area contributed by atoms with Gasteiger partial charge in [0.1, 0.15) is 22.8 Å². The van der Waals surface area contributed by atoms with Crippen LogP contribution >= 0.6 is 0 Å². The minimum Gasteiger partial charge on any atom is -1.00 e. The van der Waals surface area contributed by atoms with Gasteiger partial charge in [-0.3, -0.25) is 24.5 Å². The van der Waals surface area contributed by atoms with Crippen LogP contribution in [0.2, 0.25) is 0 Å². The molecule has 0 aliphatic rings. The zero-order valence-electron chi connectivity index (χ0n) is 20.5. The molecule has 13 nitrogen and oxygen atoms in total. The third-order valence-electron chi connectivity index (χ3n) is 5.34. The molecule has 39 heavy (non-hydrogen) atoms. The van der Waals surface area contributed by atoms with E-state index in [1.165, 1.54) is 19.2 Å². The van der Waals surface area contributed by atoms with Gasteiger partial charge in [-0.25, -0.2) is 10.4 Å². The number of rotatable bonds is 9. The third kappa shape index (κ3) is 7.29. The summed E-state index contributed by atoms with van der Waals surface area (Å²) in [4.78, 5) is 56.2. The van der Waals surface area contributed by atoms with E-state index in [9.17, 15) is 24.5 Å². The average molecular weight is 596 g/mol. The van der Waals surface area contributed by atoms with E-state index in [0.717, 1.165) is 6.07 Å². The molecule has 2 amide bonds. The fourth-order valence-corrected chi connectivity index (χ4v) is 3.48. The molecule has 200 valence electrons. The van der Waals surface area contributed by atoms with Gasteiger partial charge < -0.3 is 32.0 Å². The van der Waals surface area contributed by atoms with Crippen molar-refractivity contribution in [1.29, 1.82) is 0 Å². The highest BCUT2D eigenvalue weighted by molar-refractivity contribution is 6.43. The fourth-order valence-electron chi connectivity index (χ4n) is 3.48. The third-order valence-corrected chi connectivity index (χ3v) is 5.34. The number of carbonyl (C=O) groups is 2. The summed E-state index contributed by atoms with van der Waals surface area (Å²) in [7, 11) is 1.35. The lowest BCUT2D eigenvalue weighted by Crippen LogP contribution is -3.00. The number of nitrogens with one attached hydrogen (secondary N) is 3. The Kier molecular flexibility index (Phi) is 9.53. The summed E-state index contributed by atoms with van der Waals surface area (Å²) in [6.45, 7) is -0.0853. The summed E-state index contributed by atoms with van der Waals surface area (Å²) in [6, 6.07) is 16.0. The van der Waals surface area contributed by atoms with Gasteiger partial charge >= 0.3 is 5.91 Å². The second-order valence-electron chi connectivity index (χ2n) is 7.94. The number of nitro groups is 1. The van der Waals surface area contributed by atoms with Crippen molar-refractivity contribution in [2.45, 2.75) is 13.0 Å². The van der Waals surface area contributed by atoms with Crippen molar-refractivity contribution in [3.63, 3.8) is 0 Å². The van der Waals surface area contributed by atoms with Gasteiger partial charge in [0.05, 0.1) is 29.1 Å². The molecule has 4 aromatic rings. The molecule has 0 aliphatic carbocycles. The van der Waals surface area contributed by atoms with Gasteiger partial charge in [0, 0.05) is 18.6 Å². The summed E-state index contributed by atoms with van der Waals surface area (Å²) >= 11 is 0. The van der Waals surface area contributed by atoms with Crippen molar-refractivity contribution in [2.24, 2.45) is 5.10 Å². The van der Waals surface area contributed by atoms with Gasteiger partial charge in [-0.15, -0.1) is 0 Å². The number of benzene rings is 2. The number of hydrazone groups is 1. The summed E-state index contributed by atoms with van der Waals surface area (Å²) in [5.74, 6) is -1.19. The molecule has 0 aliphatic heterocycles. The summed E-state index contributed by atoms with van der Waals surface area (Å²) in [6.07, 6.45) is 2.99. The maximum Gasteiger partial charge on any atom is 0.305 e. The number of nitrogens with zero attached hydrogens (tertiary/aromatic N) is 4. The van der Waals surface area contributed by atoms with Crippen molar-refractivity contribution in [3.8, 4) is 5.75 Å². The molecule has 14 heteroatoms. The van der Waals surface area contributed by atoms with E-state index < -0.39 is 28.0 Å². The first-order valence-corrected chi connectivity index (χ1v) is 11.2. The molecule has 0 fully saturated rings. The number of H-pyrrole nitrogens is 1. The van der Waals surface area contributed by atoms with Crippen LogP contribution < -0.4 is 42.6 Å². The van der Waals surface area contributed by atoms with Gasteiger partial charge in [0.2, 0.25) is 6.54 Å². The zero-order valence-corrected chi connectivity index (χ0v) is 22.0. The largest absolute Gasteiger partial charge is 1.00 e. The van der Waals surface area contributed by atoms with Gasteiger partial charge in [-0.05, 0) is 24.3 Å². The highest BCUT2D eigenvalue weighted by Gasteiger charge is 2.22. The number of aromatic nitrogens is 3. The average Bonchev–Trinajstić information content (AvgIpc) is 2.91. The summed E-state index contributed by atoms with van der Waals surface area (Å²) < 4.78 is 6.61. The number of methoxy groups -OCH3 is 1. The van der Waals surface area contributed by atoms with Crippen molar-refractivity contribution in [3.05, 3.63) is 99.2 Å². The number of fused-ring (bicyclic) bond motifs is 1. The van der Waals surface area contributed by atoms with Gasteiger partial charge in [-0.2, -0.15) is 9.67 Å². The SMILES string of the molecule is COc1ccc(NC(=O)/C(Cc2nc3ccccc3[nH]c2=O)=N\NC(=O)C[n+]2ccccc2)c([N+](=O)[O-])c1.[Br-]. The number of para-hydroxylation sites is 2. The van der Waals surface area contributed by atoms with Gasteiger partial charge in [0.25, 0.3) is 17.2 Å². The van der Waals surface area contributed by atoms with Crippen LogP contribution in [0, 0.1) is 10.1 Å². The smallest absolute Gasteiger partial charge is 0.305 e. The van der Waals surface area contributed by atoms with Crippen molar-refractivity contribution in [2.75, 3.05) is 12.4 Å². The number of hydrogen-bond donors (Lipinski definition) is 3. The van der Waals surface area contributed by atoms with Crippen LogP contribution in [-0.2, 0) is 22.6 Å². The molecule has 0 saturated heterocycles. The van der Waals surface area contributed by atoms with E-state index in [4.69, 9.17) is 4.74 Å². The molecule has 2 heterocycles. The molecule has 0 bridgehead atoms. The number of pyridine rings is 1. The predicted molar refractivity (Wildman–Crippen MR) is 137 cm³/mol. The summed E-state index contributed by atoms with van der Waals surface area (Å²) in [5, 5.41) is 17.9. The maximum atomic E-state index is 13.2. The highest BCUT2D eigenvalue weighted by Crippen LogP contribution is 2.29. The van der Waals surface area contributed by atoms with E-state index in [2.05, 4.69) is 25.8 Å². The molecule has 0 atom stereocenters. The standard InChI is InChI=1S/C25H21N7O6.BrH/c1-38-16-9-10-19(22(13-16)32(36)37)28-25(35)21(29-30-23(33)15-31-11-5-2-6-12-31)14-20-24(34)27-18-8-4-3-7-17(18)26-20;/h2-13H,14-15H2,1H3,(H2-,27,28,30,33,34,35);1H. The van der Waals surface area contributed by atoms with E-state index >= 15 is 0 Å². The molecular formula is C25H22BrN7O6. The van der Waals surface area contributed by atoms with Crippen molar-refractivity contribution in [1.82, 2.24) is 15.4 Å². The number of anilines is 1. The molecule has 0 spiro atoms. The quantitative estimate of drug-likeness (QED) is 0.0912. The van der Waals surface area contributed by atoms with Crippen LogP contribution in [0.25, 0.3) is 11.0 Å². The monoisotopic (exact) mass is 595 g/mol. The van der Waals surface area contributed by atoms with Gasteiger partial charge in [0.15, 0.2) is 12.4 Å². The lowest BCUT2D eigenvalue weighted by Gasteiger charge is -2.10. The van der Waals surface area contributed by atoms with Crippen LogP contribution in [0.5, 0.6) is 5.75 Å². The second kappa shape index (κ2) is 13.0. The van der Waals surface area contributed by atoms with E-state index in [0.29, 0.717) is 11.0 Å². The Bertz CT molecular complexity index is 1610. The topological polar surface area (TPSA) is 173 Å². The Hall–Kier alpha value is -4.98. The number of carbonyl (C=O) groups excluding carboxylic acids is 2. The summed E-state index contributed by atoms with van der Waals surface area (Å²) in [5.41, 5.74) is 1.87. The Morgan fingerprint density at radius 3 is 2.59 bits per heavy atom. The lowest BCUT2D eigenvalue weighted by atomic mass is 10.1. The molecular weight excluding hydrogens is 574 g/mol. The first kappa shape index (κ1) is 28.6. The van der Waals surface area contributed by atoms with Gasteiger partial charge in [-0.1, -0.05) is 18.2 Å². The molecule has 0 saturated carbocycles. The molecule has 3 N–H and O–H groups in total. The molecule has 0 radical (unpaired) electrons. The van der Waals surface area contributed by atoms with Crippen LogP contribution in [0.4, 0.5) is 11.4 Å². The number of aromatic amines is 1. The Balaban J connectivity index is 0.00000420. The molecule has 2 aromatic carbocycles. The normalized spacial score (nSPS) is 10.8. The first-order chi connectivity index (χ1) is 18.3. The molecule has 4 rings (SSSR count). The van der Waals surface area contributed by atoms with Crippen LogP contribution in [0.3, 0.4) is 0 Å². The van der Waals surface area contributed by atoms with E-state index in [1.54, 1.807) is 59.4 Å². The predicted octanol–water partition coefficient (Wildman–Crippen LogP) is -1.51. The molecule has 0 unspecified atom stereocenters. The fraction of sp³-hybridized carbons (Fsp3) is 0.120. The van der Waals surface area contributed by atoms with Crippen molar-refractivity contribution < 1.29 is 40.8 Å². The Labute approximate surface area is 231 Å². The minimum atomic E-state index is -0.875. The van der Waals surface area contributed by atoms with Crippen LogP contribution in [0.1, 0.15) is 5.69 Å². The second-order valence-corrected chi connectivity index (χ2v) is 7.94. The lowest BCUT2D eigenvalue weighted by molar-refractivity contribution is -0.684. The van der Waals surface area contributed by atoms with Crippen LogP contribution in [0.15, 0.2) is 83.0 Å². The number of ether oxygens (including phenoxy) is 1. The van der Waals surface area contributed by atoms with E-state index in [1.807, 2.05) is 0 Å². The highest BCUT2D eigenvalue weighted by atomic mass is 79.9. The zero-order chi connectivity index (χ0) is 27.1. The number of halogens is 1. The number of amides is 2. The maximum absolute atomic E-state index is 13.2. The Morgan fingerprint density at radius 1 is 1.13 bits per heavy atom.